The second-order valence-electron chi connectivity index (χ2n) is 11.2. The van der Waals surface area contributed by atoms with Crippen LogP contribution in [0, 0.1) is 17.8 Å². The Morgan fingerprint density at radius 1 is 1.17 bits per heavy atom. The van der Waals surface area contributed by atoms with Crippen LogP contribution in [0.15, 0.2) is 24.3 Å². The minimum Gasteiger partial charge on any atom is -0.378 e. The molecule has 8 nitrogen and oxygen atoms in total. The summed E-state index contributed by atoms with van der Waals surface area (Å²) in [6.07, 6.45) is 5.66. The number of hydrogen-bond donors (Lipinski definition) is 1. The zero-order valence-electron chi connectivity index (χ0n) is 21.8. The molecule has 1 saturated carbocycles. The lowest BCUT2D eigenvalue weighted by molar-refractivity contribution is -0.140. The van der Waals surface area contributed by atoms with Crippen molar-refractivity contribution in [1.82, 2.24) is 24.7 Å². The van der Waals surface area contributed by atoms with Gasteiger partial charge < -0.3 is 24.4 Å². The normalized spacial score (nSPS) is 22.8. The molecule has 3 heterocycles. The van der Waals surface area contributed by atoms with Crippen molar-refractivity contribution in [2.75, 3.05) is 45.9 Å². The number of imidazole rings is 1. The van der Waals surface area contributed by atoms with Crippen LogP contribution in [0.2, 0.25) is 0 Å². The lowest BCUT2D eigenvalue weighted by atomic mass is 9.92. The molecule has 2 aromatic rings. The van der Waals surface area contributed by atoms with Crippen LogP contribution < -0.4 is 5.32 Å². The SMILES string of the molecule is CC(C)CN(C(=O)c1nc2ccccc2n1CCCC1CC1)[C@@H]1CNC[C@H](C(=O)N2CCOCC2)C1. The number of para-hydroxylation sites is 2. The number of amides is 2. The number of piperidine rings is 1. The van der Waals surface area contributed by atoms with Gasteiger partial charge in [-0.1, -0.05) is 38.8 Å². The Hall–Kier alpha value is -2.45. The standard InChI is InChI=1S/C28H41N5O3/c1-20(2)19-33(23-16-22(17-29-18-23)27(34)31-12-14-36-15-13-31)28(35)26-30-24-7-3-4-8-25(24)32(26)11-5-6-21-9-10-21/h3-4,7-8,20-23,29H,5-6,9-19H2,1-2H3/t22-,23+/m1/s1. The number of rotatable bonds is 9. The van der Waals surface area contributed by atoms with Crippen LogP contribution >= 0.6 is 0 Å². The molecule has 0 radical (unpaired) electrons. The molecule has 2 amide bonds. The van der Waals surface area contributed by atoms with Crippen LogP contribution in [-0.2, 0) is 16.1 Å². The minimum atomic E-state index is -0.123. The van der Waals surface area contributed by atoms with E-state index in [4.69, 9.17) is 9.72 Å². The number of carbonyl (C=O) groups is 2. The molecule has 1 aromatic heterocycles. The number of morpholine rings is 1. The Kier molecular flexibility index (Phi) is 7.91. The van der Waals surface area contributed by atoms with Gasteiger partial charge in [-0.15, -0.1) is 0 Å². The number of aryl methyl sites for hydroxylation is 1. The predicted molar refractivity (Wildman–Crippen MR) is 140 cm³/mol. The molecular weight excluding hydrogens is 454 g/mol. The highest BCUT2D eigenvalue weighted by Gasteiger charge is 2.36. The number of ether oxygens (including phenoxy) is 1. The van der Waals surface area contributed by atoms with E-state index < -0.39 is 0 Å². The number of benzene rings is 1. The molecule has 3 fully saturated rings. The first kappa shape index (κ1) is 25.2. The second-order valence-corrected chi connectivity index (χ2v) is 11.2. The van der Waals surface area contributed by atoms with Gasteiger partial charge in [0.1, 0.15) is 0 Å². The van der Waals surface area contributed by atoms with E-state index in [1.165, 1.54) is 19.3 Å². The van der Waals surface area contributed by atoms with E-state index in [-0.39, 0.29) is 23.8 Å². The summed E-state index contributed by atoms with van der Waals surface area (Å²) in [5, 5.41) is 3.46. The fraction of sp³-hybridized carbons (Fsp3) is 0.679. The number of nitrogens with zero attached hydrogens (tertiary/aromatic N) is 4. The summed E-state index contributed by atoms with van der Waals surface area (Å²) in [4.78, 5) is 36.2. The van der Waals surface area contributed by atoms with Crippen molar-refractivity contribution < 1.29 is 14.3 Å². The predicted octanol–water partition coefficient (Wildman–Crippen LogP) is 3.16. The average Bonchev–Trinajstić information content (AvgIpc) is 3.66. The van der Waals surface area contributed by atoms with Crippen LogP contribution in [0.25, 0.3) is 11.0 Å². The van der Waals surface area contributed by atoms with Gasteiger partial charge in [0.15, 0.2) is 5.82 Å². The molecule has 2 atom stereocenters. The van der Waals surface area contributed by atoms with Gasteiger partial charge >= 0.3 is 0 Å². The molecule has 2 aliphatic heterocycles. The highest BCUT2D eigenvalue weighted by molar-refractivity contribution is 5.95. The van der Waals surface area contributed by atoms with Crippen LogP contribution in [0.4, 0.5) is 0 Å². The van der Waals surface area contributed by atoms with Crippen LogP contribution in [-0.4, -0.2) is 83.1 Å². The molecule has 0 unspecified atom stereocenters. The van der Waals surface area contributed by atoms with Crippen molar-refractivity contribution in [2.45, 2.75) is 58.5 Å². The summed E-state index contributed by atoms with van der Waals surface area (Å²) in [5.74, 6) is 1.76. The summed E-state index contributed by atoms with van der Waals surface area (Å²) in [6, 6.07) is 8.03. The van der Waals surface area contributed by atoms with Gasteiger partial charge in [-0.25, -0.2) is 4.98 Å². The molecule has 1 aromatic carbocycles. The van der Waals surface area contributed by atoms with E-state index >= 15 is 0 Å². The molecular formula is C28H41N5O3. The van der Waals surface area contributed by atoms with Crippen LogP contribution in [0.5, 0.6) is 0 Å². The average molecular weight is 496 g/mol. The van der Waals surface area contributed by atoms with E-state index in [9.17, 15) is 9.59 Å². The topological polar surface area (TPSA) is 79.7 Å². The van der Waals surface area contributed by atoms with E-state index in [1.54, 1.807) is 0 Å². The zero-order valence-corrected chi connectivity index (χ0v) is 21.8. The largest absolute Gasteiger partial charge is 0.378 e. The second kappa shape index (κ2) is 11.3. The Bertz CT molecular complexity index is 1060. The Balaban J connectivity index is 1.37. The van der Waals surface area contributed by atoms with Crippen LogP contribution in [0.1, 0.15) is 56.6 Å². The minimum absolute atomic E-state index is 0.0161. The van der Waals surface area contributed by atoms with Crippen molar-refractivity contribution in [3.8, 4) is 0 Å². The maximum Gasteiger partial charge on any atom is 0.290 e. The molecule has 8 heteroatoms. The highest BCUT2D eigenvalue weighted by atomic mass is 16.5. The third kappa shape index (κ3) is 5.75. The van der Waals surface area contributed by atoms with E-state index in [0.717, 1.165) is 29.9 Å². The number of fused-ring (bicyclic) bond motifs is 1. The summed E-state index contributed by atoms with van der Waals surface area (Å²) in [7, 11) is 0. The number of nitrogens with one attached hydrogen (secondary N) is 1. The van der Waals surface area contributed by atoms with Gasteiger partial charge in [0.2, 0.25) is 5.91 Å². The maximum absolute atomic E-state index is 14.2. The summed E-state index contributed by atoms with van der Waals surface area (Å²) < 4.78 is 7.57. The molecule has 1 aliphatic carbocycles. The lowest BCUT2D eigenvalue weighted by Crippen LogP contribution is -2.56. The number of carbonyl (C=O) groups excluding carboxylic acids is 2. The van der Waals surface area contributed by atoms with Gasteiger partial charge in [-0.05, 0) is 43.2 Å². The number of hydrogen-bond acceptors (Lipinski definition) is 5. The first-order valence-corrected chi connectivity index (χ1v) is 13.8. The van der Waals surface area contributed by atoms with Gasteiger partial charge in [-0.2, -0.15) is 0 Å². The first-order chi connectivity index (χ1) is 17.5. The van der Waals surface area contributed by atoms with E-state index in [0.29, 0.717) is 64.1 Å². The van der Waals surface area contributed by atoms with E-state index in [2.05, 4.69) is 29.8 Å². The smallest absolute Gasteiger partial charge is 0.290 e. The Labute approximate surface area is 214 Å². The van der Waals surface area contributed by atoms with Gasteiger partial charge in [0.05, 0.1) is 30.2 Å². The maximum atomic E-state index is 14.2. The summed E-state index contributed by atoms with van der Waals surface area (Å²) >= 11 is 0. The molecule has 2 saturated heterocycles. The molecule has 5 rings (SSSR count). The van der Waals surface area contributed by atoms with Crippen molar-refractivity contribution in [2.24, 2.45) is 17.8 Å². The molecule has 36 heavy (non-hydrogen) atoms. The summed E-state index contributed by atoms with van der Waals surface area (Å²) in [5.41, 5.74) is 1.90. The fourth-order valence-electron chi connectivity index (χ4n) is 5.72. The van der Waals surface area contributed by atoms with Gasteiger partial charge in [0.25, 0.3) is 5.91 Å². The fourth-order valence-corrected chi connectivity index (χ4v) is 5.72. The van der Waals surface area contributed by atoms with Gasteiger partial charge in [0, 0.05) is 45.3 Å². The zero-order chi connectivity index (χ0) is 25.1. The Morgan fingerprint density at radius 3 is 2.69 bits per heavy atom. The summed E-state index contributed by atoms with van der Waals surface area (Å²) in [6.45, 7) is 9.62. The molecule has 3 aliphatic rings. The molecule has 1 N–H and O–H groups in total. The highest BCUT2D eigenvalue weighted by Crippen LogP contribution is 2.34. The third-order valence-electron chi connectivity index (χ3n) is 7.80. The van der Waals surface area contributed by atoms with Crippen molar-refractivity contribution >= 4 is 22.8 Å². The van der Waals surface area contributed by atoms with Crippen molar-refractivity contribution in [3.63, 3.8) is 0 Å². The first-order valence-electron chi connectivity index (χ1n) is 13.8. The van der Waals surface area contributed by atoms with Crippen molar-refractivity contribution in [1.29, 1.82) is 0 Å². The Morgan fingerprint density at radius 2 is 1.94 bits per heavy atom. The molecule has 0 spiro atoms. The van der Waals surface area contributed by atoms with Crippen molar-refractivity contribution in [3.05, 3.63) is 30.1 Å². The van der Waals surface area contributed by atoms with E-state index in [1.807, 2.05) is 28.0 Å². The molecule has 0 bridgehead atoms. The quantitative estimate of drug-likeness (QED) is 0.578. The third-order valence-corrected chi connectivity index (χ3v) is 7.80. The molecule has 196 valence electrons. The monoisotopic (exact) mass is 495 g/mol. The number of aromatic nitrogens is 2. The van der Waals surface area contributed by atoms with Gasteiger partial charge in [-0.3, -0.25) is 9.59 Å². The van der Waals surface area contributed by atoms with Crippen LogP contribution in [0.3, 0.4) is 0 Å². The lowest BCUT2D eigenvalue weighted by Gasteiger charge is -2.40.